The quantitative estimate of drug-likeness (QED) is 0.483. The minimum atomic E-state index is -0.588. The molecule has 0 spiro atoms. The molecule has 0 N–H and O–H groups in total. The molecule has 0 heterocycles. The van der Waals surface area contributed by atoms with E-state index in [9.17, 15) is 4.79 Å². The second-order valence-corrected chi connectivity index (χ2v) is 7.79. The number of para-hydroxylation sites is 1. The Hall–Kier alpha value is -2.78. The van der Waals surface area contributed by atoms with Crippen molar-refractivity contribution >= 4 is 28.0 Å². The number of benzene rings is 3. The molecule has 3 aromatic rings. The van der Waals surface area contributed by atoms with Gasteiger partial charge in [0, 0.05) is 13.5 Å². The molecule has 148 valence electrons. The van der Waals surface area contributed by atoms with Crippen LogP contribution in [0.3, 0.4) is 0 Å². The van der Waals surface area contributed by atoms with E-state index in [-0.39, 0.29) is 5.78 Å². The highest BCUT2D eigenvalue weighted by atomic mass is 16.5. The van der Waals surface area contributed by atoms with Crippen LogP contribution in [0.5, 0.6) is 0 Å². The summed E-state index contributed by atoms with van der Waals surface area (Å²) in [5.41, 5.74) is 1.82. The summed E-state index contributed by atoms with van der Waals surface area (Å²) in [6.45, 7) is 0. The minimum Gasteiger partial charge on any atom is -0.372 e. The largest absolute Gasteiger partial charge is 0.372 e. The lowest BCUT2D eigenvalue weighted by Crippen LogP contribution is -2.47. The molecule has 4 rings (SSSR count). The molecule has 0 atom stereocenters. The Labute approximate surface area is 172 Å². The van der Waals surface area contributed by atoms with E-state index in [1.165, 1.54) is 6.42 Å². The number of Topliss-reactive ketones (excluding diaryl/α,β-unsaturated/α-hetero) is 1. The second kappa shape index (κ2) is 8.71. The fourth-order valence-electron chi connectivity index (χ4n) is 4.41. The number of hydrogen-bond donors (Lipinski definition) is 0. The van der Waals surface area contributed by atoms with Gasteiger partial charge in [-0.3, -0.25) is 4.79 Å². The van der Waals surface area contributed by atoms with Gasteiger partial charge in [-0.05, 0) is 41.3 Å². The Balaban J connectivity index is 1.74. The van der Waals surface area contributed by atoms with E-state index >= 15 is 0 Å². The first-order chi connectivity index (χ1) is 14.2. The maximum Gasteiger partial charge on any atom is 0.184 e. The van der Waals surface area contributed by atoms with Crippen molar-refractivity contribution in [2.45, 2.75) is 44.1 Å². The van der Waals surface area contributed by atoms with Crippen LogP contribution in [0.25, 0.3) is 10.8 Å². The molecule has 29 heavy (non-hydrogen) atoms. The molecule has 1 aliphatic rings. The van der Waals surface area contributed by atoms with Crippen LogP contribution in [0.2, 0.25) is 0 Å². The van der Waals surface area contributed by atoms with Gasteiger partial charge in [0.15, 0.2) is 5.78 Å². The van der Waals surface area contributed by atoms with Gasteiger partial charge in [0.25, 0.3) is 0 Å². The van der Waals surface area contributed by atoms with Gasteiger partial charge in [-0.15, -0.1) is 0 Å². The average molecular weight is 386 g/mol. The monoisotopic (exact) mass is 385 g/mol. The SMILES string of the molecule is COC1(C(=Nc2ccccc2)C(=O)Cc2cccc3ccccc23)CCCCC1. The van der Waals surface area contributed by atoms with Crippen molar-refractivity contribution in [2.75, 3.05) is 7.11 Å². The van der Waals surface area contributed by atoms with Crippen LogP contribution in [0.1, 0.15) is 37.7 Å². The molecule has 0 bridgehead atoms. The van der Waals surface area contributed by atoms with Gasteiger partial charge < -0.3 is 4.74 Å². The highest BCUT2D eigenvalue weighted by Gasteiger charge is 2.40. The van der Waals surface area contributed by atoms with Crippen molar-refractivity contribution in [3.8, 4) is 0 Å². The Kier molecular flexibility index (Phi) is 5.86. The van der Waals surface area contributed by atoms with Crippen LogP contribution in [-0.4, -0.2) is 24.2 Å². The van der Waals surface area contributed by atoms with Crippen LogP contribution < -0.4 is 0 Å². The number of nitrogens with zero attached hydrogens (tertiary/aromatic N) is 1. The molecule has 0 amide bonds. The van der Waals surface area contributed by atoms with Gasteiger partial charge in [0.1, 0.15) is 11.3 Å². The first kappa shape index (κ1) is 19.5. The predicted octanol–water partition coefficient (Wildman–Crippen LogP) is 6.07. The van der Waals surface area contributed by atoms with Crippen molar-refractivity contribution in [1.29, 1.82) is 0 Å². The fraction of sp³-hybridized carbons (Fsp3) is 0.308. The molecule has 1 saturated carbocycles. The summed E-state index contributed by atoms with van der Waals surface area (Å²) in [5, 5.41) is 2.27. The van der Waals surface area contributed by atoms with Crippen LogP contribution in [0, 0.1) is 0 Å². The van der Waals surface area contributed by atoms with Gasteiger partial charge in [-0.25, -0.2) is 4.99 Å². The van der Waals surface area contributed by atoms with Crippen molar-refractivity contribution in [3.05, 3.63) is 78.4 Å². The summed E-state index contributed by atoms with van der Waals surface area (Å²) in [4.78, 5) is 18.5. The molecule has 0 unspecified atom stereocenters. The van der Waals surface area contributed by atoms with Crippen molar-refractivity contribution in [1.82, 2.24) is 0 Å². The third-order valence-electron chi connectivity index (χ3n) is 5.98. The predicted molar refractivity (Wildman–Crippen MR) is 119 cm³/mol. The van der Waals surface area contributed by atoms with Crippen molar-refractivity contribution in [3.63, 3.8) is 0 Å². The first-order valence-electron chi connectivity index (χ1n) is 10.4. The Morgan fingerprint density at radius 1 is 0.897 bits per heavy atom. The molecule has 3 aromatic carbocycles. The zero-order valence-electron chi connectivity index (χ0n) is 16.9. The van der Waals surface area contributed by atoms with Crippen LogP contribution in [0.4, 0.5) is 5.69 Å². The molecule has 1 aliphatic carbocycles. The number of hydrogen-bond acceptors (Lipinski definition) is 3. The topological polar surface area (TPSA) is 38.7 Å². The van der Waals surface area contributed by atoms with E-state index < -0.39 is 5.60 Å². The smallest absolute Gasteiger partial charge is 0.184 e. The lowest BCUT2D eigenvalue weighted by atomic mass is 9.78. The van der Waals surface area contributed by atoms with Gasteiger partial charge in [0.05, 0.1) is 5.69 Å². The van der Waals surface area contributed by atoms with E-state index in [0.29, 0.717) is 12.1 Å². The maximum absolute atomic E-state index is 13.6. The minimum absolute atomic E-state index is 0.0500. The number of carbonyl (C=O) groups is 1. The number of carbonyl (C=O) groups excluding carboxylic acids is 1. The average Bonchev–Trinajstić information content (AvgIpc) is 2.79. The first-order valence-corrected chi connectivity index (χ1v) is 10.4. The zero-order chi connectivity index (χ0) is 20.1. The molecule has 0 aliphatic heterocycles. The third kappa shape index (κ3) is 4.15. The summed E-state index contributed by atoms with van der Waals surface area (Å²) >= 11 is 0. The van der Waals surface area contributed by atoms with Crippen molar-refractivity contribution < 1.29 is 9.53 Å². The third-order valence-corrected chi connectivity index (χ3v) is 5.98. The van der Waals surface area contributed by atoms with E-state index in [1.54, 1.807) is 7.11 Å². The standard InChI is InChI=1S/C26H27NO2/c1-29-26(17-8-3-9-18-26)25(27-22-14-4-2-5-15-22)24(28)19-21-13-10-12-20-11-6-7-16-23(20)21/h2,4-7,10-16H,3,8-9,17-19H2,1H3. The highest BCUT2D eigenvalue weighted by molar-refractivity contribution is 6.44. The van der Waals surface area contributed by atoms with Crippen LogP contribution in [-0.2, 0) is 16.0 Å². The molecule has 3 heteroatoms. The number of ether oxygens (including phenoxy) is 1. The lowest BCUT2D eigenvalue weighted by molar-refractivity contribution is -0.113. The van der Waals surface area contributed by atoms with Gasteiger partial charge in [0.2, 0.25) is 0 Å². The van der Waals surface area contributed by atoms with Crippen molar-refractivity contribution in [2.24, 2.45) is 4.99 Å². The zero-order valence-corrected chi connectivity index (χ0v) is 16.9. The van der Waals surface area contributed by atoms with Gasteiger partial charge >= 0.3 is 0 Å². The Bertz CT molecular complexity index is 1010. The lowest BCUT2D eigenvalue weighted by Gasteiger charge is -2.36. The molecule has 1 fully saturated rings. The molecule has 0 radical (unpaired) electrons. The van der Waals surface area contributed by atoms with E-state index in [1.807, 2.05) is 54.6 Å². The second-order valence-electron chi connectivity index (χ2n) is 7.79. The molecule has 3 nitrogen and oxygen atoms in total. The van der Waals surface area contributed by atoms with E-state index in [0.717, 1.165) is 47.7 Å². The Morgan fingerprint density at radius 2 is 1.59 bits per heavy atom. The summed E-state index contributed by atoms with van der Waals surface area (Å²) in [6, 6.07) is 24.1. The summed E-state index contributed by atoms with van der Waals surface area (Å²) in [6.07, 6.45) is 5.32. The number of ketones is 1. The molecular formula is C26H27NO2. The normalized spacial score (nSPS) is 16.7. The highest BCUT2D eigenvalue weighted by Crippen LogP contribution is 2.34. The summed E-state index contributed by atoms with van der Waals surface area (Å²) in [5.74, 6) is 0.0500. The van der Waals surface area contributed by atoms with Gasteiger partial charge in [-0.2, -0.15) is 0 Å². The Morgan fingerprint density at radius 3 is 2.34 bits per heavy atom. The van der Waals surface area contributed by atoms with Gasteiger partial charge in [-0.1, -0.05) is 79.9 Å². The maximum atomic E-state index is 13.6. The molecule has 0 saturated heterocycles. The van der Waals surface area contributed by atoms with E-state index in [2.05, 4.69) is 18.2 Å². The number of fused-ring (bicyclic) bond motifs is 1. The molecule has 0 aromatic heterocycles. The number of aliphatic imine (C=N–C) groups is 1. The number of methoxy groups -OCH3 is 1. The van der Waals surface area contributed by atoms with E-state index in [4.69, 9.17) is 9.73 Å². The van der Waals surface area contributed by atoms with Crippen LogP contribution in [0.15, 0.2) is 77.8 Å². The summed E-state index contributed by atoms with van der Waals surface area (Å²) < 4.78 is 6.01. The molecular weight excluding hydrogens is 358 g/mol. The fourth-order valence-corrected chi connectivity index (χ4v) is 4.41. The number of rotatable bonds is 6. The summed E-state index contributed by atoms with van der Waals surface area (Å²) in [7, 11) is 1.72. The van der Waals surface area contributed by atoms with Crippen LogP contribution >= 0.6 is 0 Å².